The van der Waals surface area contributed by atoms with Gasteiger partial charge in [0.1, 0.15) is 17.4 Å². The first-order valence-corrected chi connectivity index (χ1v) is 9.71. The minimum Gasteiger partial charge on any atom is -0.464 e. The fraction of sp³-hybridized carbons (Fsp3) is 0.136. The zero-order chi connectivity index (χ0) is 19.3. The van der Waals surface area contributed by atoms with E-state index in [1.807, 2.05) is 29.3 Å². The van der Waals surface area contributed by atoms with Crippen LogP contribution in [0.1, 0.15) is 35.4 Å². The molecule has 0 saturated heterocycles. The highest BCUT2D eigenvalue weighted by Crippen LogP contribution is 2.48. The van der Waals surface area contributed by atoms with Crippen molar-refractivity contribution in [3.05, 3.63) is 99.5 Å². The van der Waals surface area contributed by atoms with Gasteiger partial charge in [-0.15, -0.1) is 0 Å². The fourth-order valence-corrected chi connectivity index (χ4v) is 4.13. The lowest BCUT2D eigenvalue weighted by Crippen LogP contribution is -2.33. The van der Waals surface area contributed by atoms with Crippen molar-refractivity contribution in [3.8, 4) is 5.75 Å². The van der Waals surface area contributed by atoms with Gasteiger partial charge in [0.15, 0.2) is 0 Å². The predicted molar refractivity (Wildman–Crippen MR) is 106 cm³/mol. The maximum absolute atomic E-state index is 13.8. The molecule has 2 heterocycles. The summed E-state index contributed by atoms with van der Waals surface area (Å²) in [6.07, 6.45) is 0.122. The fourth-order valence-electron chi connectivity index (χ4n) is 3.76. The van der Waals surface area contributed by atoms with Crippen molar-refractivity contribution in [2.75, 3.05) is 0 Å². The normalized spacial score (nSPS) is 20.2. The van der Waals surface area contributed by atoms with Crippen molar-refractivity contribution in [3.63, 3.8) is 0 Å². The Bertz CT molecular complexity index is 1080. The van der Waals surface area contributed by atoms with E-state index in [4.69, 9.17) is 9.84 Å². The molecule has 28 heavy (non-hydrogen) atoms. The van der Waals surface area contributed by atoms with Crippen molar-refractivity contribution in [1.82, 2.24) is 5.01 Å². The minimum atomic E-state index is -0.535. The van der Waals surface area contributed by atoms with Gasteiger partial charge in [0.25, 0.3) is 0 Å². The molecule has 5 rings (SSSR count). The van der Waals surface area contributed by atoms with E-state index in [0.29, 0.717) is 12.0 Å². The van der Waals surface area contributed by atoms with Crippen LogP contribution < -0.4 is 4.74 Å². The molecule has 0 spiro atoms. The molecule has 0 amide bonds. The summed E-state index contributed by atoms with van der Waals surface area (Å²) in [7, 11) is 0. The van der Waals surface area contributed by atoms with E-state index in [9.17, 15) is 8.78 Å². The lowest BCUT2D eigenvalue weighted by atomic mass is 9.96. The Kier molecular flexibility index (Phi) is 4.16. The summed E-state index contributed by atoms with van der Waals surface area (Å²) in [6, 6.07) is 18.5. The van der Waals surface area contributed by atoms with Crippen LogP contribution in [0.25, 0.3) is 0 Å². The van der Waals surface area contributed by atoms with Crippen molar-refractivity contribution in [1.29, 1.82) is 0 Å². The van der Waals surface area contributed by atoms with Crippen LogP contribution in [0.2, 0.25) is 0 Å². The highest BCUT2D eigenvalue weighted by molar-refractivity contribution is 9.10. The largest absolute Gasteiger partial charge is 0.464 e. The third-order valence-electron chi connectivity index (χ3n) is 5.06. The number of halogens is 3. The first-order valence-electron chi connectivity index (χ1n) is 8.92. The first kappa shape index (κ1) is 17.4. The van der Waals surface area contributed by atoms with E-state index < -0.39 is 6.23 Å². The molecule has 0 bridgehead atoms. The lowest BCUT2D eigenvalue weighted by molar-refractivity contribution is -0.0192. The molecule has 2 atom stereocenters. The number of benzene rings is 3. The molecule has 0 saturated carbocycles. The molecule has 2 aliphatic rings. The van der Waals surface area contributed by atoms with Crippen LogP contribution in [0.3, 0.4) is 0 Å². The third kappa shape index (κ3) is 2.98. The van der Waals surface area contributed by atoms with Crippen LogP contribution >= 0.6 is 15.9 Å². The van der Waals surface area contributed by atoms with E-state index in [2.05, 4.69) is 15.9 Å². The molecule has 3 aromatic carbocycles. The predicted octanol–water partition coefficient (Wildman–Crippen LogP) is 5.97. The van der Waals surface area contributed by atoms with Gasteiger partial charge in [-0.1, -0.05) is 40.2 Å². The first-order chi connectivity index (χ1) is 13.6. The Balaban J connectivity index is 1.61. The molecule has 0 radical (unpaired) electrons. The van der Waals surface area contributed by atoms with E-state index >= 15 is 0 Å². The second kappa shape index (κ2) is 6.71. The average Bonchev–Trinajstić information content (AvgIpc) is 3.14. The number of hydrogen-bond acceptors (Lipinski definition) is 3. The monoisotopic (exact) mass is 440 g/mol. The second-order valence-corrected chi connectivity index (χ2v) is 7.78. The summed E-state index contributed by atoms with van der Waals surface area (Å²) in [6.45, 7) is 0. The highest BCUT2D eigenvalue weighted by atomic mass is 79.9. The molecule has 0 fully saturated rings. The molecule has 0 aliphatic carbocycles. The van der Waals surface area contributed by atoms with Gasteiger partial charge in [-0.3, -0.25) is 0 Å². The van der Waals surface area contributed by atoms with Crippen LogP contribution in [0.5, 0.6) is 5.75 Å². The van der Waals surface area contributed by atoms with Crippen LogP contribution in [-0.4, -0.2) is 10.7 Å². The maximum Gasteiger partial charge on any atom is 0.213 e. The van der Waals surface area contributed by atoms with Gasteiger partial charge >= 0.3 is 0 Å². The summed E-state index contributed by atoms with van der Waals surface area (Å²) in [5.74, 6) is 0.158. The minimum absolute atomic E-state index is 0.0467. The zero-order valence-corrected chi connectivity index (χ0v) is 16.2. The van der Waals surface area contributed by atoms with Crippen LogP contribution in [0.15, 0.2) is 76.3 Å². The number of hydrazone groups is 1. The molecule has 140 valence electrons. The van der Waals surface area contributed by atoms with Crippen LogP contribution in [0.4, 0.5) is 8.78 Å². The topological polar surface area (TPSA) is 24.8 Å². The van der Waals surface area contributed by atoms with Gasteiger partial charge in [0.05, 0.1) is 11.8 Å². The molecule has 6 heteroatoms. The third-order valence-corrected chi connectivity index (χ3v) is 5.56. The average molecular weight is 441 g/mol. The maximum atomic E-state index is 13.8. The van der Waals surface area contributed by atoms with Gasteiger partial charge in [0.2, 0.25) is 6.23 Å². The van der Waals surface area contributed by atoms with Gasteiger partial charge in [-0.05, 0) is 48.0 Å². The Morgan fingerprint density at radius 1 is 0.964 bits per heavy atom. The number of ether oxygens (including phenoxy) is 1. The second-order valence-electron chi connectivity index (χ2n) is 6.86. The molecular weight excluding hydrogens is 426 g/mol. The van der Waals surface area contributed by atoms with Gasteiger partial charge < -0.3 is 4.74 Å². The zero-order valence-electron chi connectivity index (χ0n) is 14.6. The SMILES string of the molecule is Fc1ccc(C2=NN3C(C2)c2cc(Br)ccc2OC3c2cccc(F)c2)cc1. The summed E-state index contributed by atoms with van der Waals surface area (Å²) in [5.41, 5.74) is 3.43. The van der Waals surface area contributed by atoms with E-state index in [-0.39, 0.29) is 17.7 Å². The van der Waals surface area contributed by atoms with Crippen molar-refractivity contribution in [2.45, 2.75) is 18.7 Å². The van der Waals surface area contributed by atoms with Gasteiger partial charge in [-0.25, -0.2) is 13.8 Å². The Morgan fingerprint density at radius 3 is 2.57 bits per heavy atom. The summed E-state index contributed by atoms with van der Waals surface area (Å²) in [4.78, 5) is 0. The molecule has 2 unspecified atom stereocenters. The Labute approximate surface area is 169 Å². The quantitative estimate of drug-likeness (QED) is 0.490. The summed E-state index contributed by atoms with van der Waals surface area (Å²) >= 11 is 3.52. The van der Waals surface area contributed by atoms with Crippen molar-refractivity contribution < 1.29 is 13.5 Å². The Hall–Kier alpha value is -2.73. The van der Waals surface area contributed by atoms with Gasteiger partial charge in [0, 0.05) is 22.0 Å². The molecule has 3 nitrogen and oxygen atoms in total. The van der Waals surface area contributed by atoms with E-state index in [1.165, 1.54) is 24.3 Å². The number of hydrogen-bond donors (Lipinski definition) is 0. The standard InChI is InChI=1S/C22H15BrF2N2O/c23-15-6-9-21-18(11-15)20-12-19(13-4-7-16(24)8-5-13)26-27(20)22(28-21)14-2-1-3-17(25)10-14/h1-11,20,22H,12H2. The smallest absolute Gasteiger partial charge is 0.213 e. The molecule has 0 N–H and O–H groups in total. The highest BCUT2D eigenvalue weighted by Gasteiger charge is 2.41. The van der Waals surface area contributed by atoms with Crippen molar-refractivity contribution >= 4 is 21.6 Å². The van der Waals surface area contributed by atoms with Crippen LogP contribution in [-0.2, 0) is 0 Å². The van der Waals surface area contributed by atoms with Crippen molar-refractivity contribution in [2.24, 2.45) is 5.10 Å². The number of fused-ring (bicyclic) bond motifs is 3. The van der Waals surface area contributed by atoms with E-state index in [0.717, 1.165) is 27.1 Å². The van der Waals surface area contributed by atoms with Gasteiger partial charge in [-0.2, -0.15) is 5.10 Å². The summed E-state index contributed by atoms with van der Waals surface area (Å²) in [5, 5.41) is 6.67. The van der Waals surface area contributed by atoms with Crippen LogP contribution in [0, 0.1) is 11.6 Å². The number of nitrogens with zero attached hydrogens (tertiary/aromatic N) is 2. The molecule has 0 aromatic heterocycles. The molecule has 3 aromatic rings. The lowest BCUT2D eigenvalue weighted by Gasteiger charge is -2.38. The molecule has 2 aliphatic heterocycles. The Morgan fingerprint density at radius 2 is 1.79 bits per heavy atom. The number of rotatable bonds is 2. The van der Waals surface area contributed by atoms with E-state index in [1.54, 1.807) is 18.2 Å². The summed E-state index contributed by atoms with van der Waals surface area (Å²) < 4.78 is 34.3. The molecular formula is C22H15BrF2N2O.